The van der Waals surface area contributed by atoms with Crippen molar-refractivity contribution in [2.45, 2.75) is 12.5 Å². The Labute approximate surface area is 115 Å². The third kappa shape index (κ3) is 3.28. The summed E-state index contributed by atoms with van der Waals surface area (Å²) in [5, 5.41) is 0. The quantitative estimate of drug-likeness (QED) is 0.650. The Hall–Kier alpha value is -2.05. The molecule has 1 heterocycles. The third-order valence-electron chi connectivity index (χ3n) is 2.98. The van der Waals surface area contributed by atoms with Gasteiger partial charge in [-0.1, -0.05) is 0 Å². The van der Waals surface area contributed by atoms with Crippen molar-refractivity contribution in [2.75, 3.05) is 7.11 Å². The highest BCUT2D eigenvalue weighted by atomic mass is 19.1. The number of rotatable bonds is 5. The van der Waals surface area contributed by atoms with Gasteiger partial charge in [0.1, 0.15) is 17.4 Å². The molecule has 4 nitrogen and oxygen atoms in total. The van der Waals surface area contributed by atoms with Crippen LogP contribution in [0.5, 0.6) is 5.75 Å². The summed E-state index contributed by atoms with van der Waals surface area (Å²) in [7, 11) is 1.52. The predicted octanol–water partition coefficient (Wildman–Crippen LogP) is 2.12. The Balaban J connectivity index is 2.28. The molecule has 0 saturated heterocycles. The van der Waals surface area contributed by atoms with E-state index in [2.05, 4.69) is 10.4 Å². The van der Waals surface area contributed by atoms with Gasteiger partial charge in [-0.05, 0) is 30.2 Å². The van der Waals surface area contributed by atoms with Crippen molar-refractivity contribution >= 4 is 0 Å². The topological polar surface area (TPSA) is 60.2 Å². The van der Waals surface area contributed by atoms with Crippen LogP contribution in [0.25, 0.3) is 0 Å². The van der Waals surface area contributed by atoms with E-state index >= 15 is 0 Å². The molecule has 1 aromatic heterocycles. The maximum atomic E-state index is 13.2. The first-order valence-electron chi connectivity index (χ1n) is 6.03. The van der Waals surface area contributed by atoms with Crippen molar-refractivity contribution in [3.05, 3.63) is 59.4 Å². The largest absolute Gasteiger partial charge is 0.495 e. The van der Waals surface area contributed by atoms with Gasteiger partial charge in [-0.3, -0.25) is 16.3 Å². The van der Waals surface area contributed by atoms with Crippen LogP contribution in [0.1, 0.15) is 17.2 Å². The van der Waals surface area contributed by atoms with Crippen molar-refractivity contribution in [1.29, 1.82) is 0 Å². The summed E-state index contributed by atoms with van der Waals surface area (Å²) >= 11 is 0. The number of hydrogen-bond donors (Lipinski definition) is 2. The molecule has 3 N–H and O–H groups in total. The van der Waals surface area contributed by atoms with E-state index in [4.69, 9.17) is 10.6 Å². The Kier molecular flexibility index (Phi) is 4.60. The number of benzene rings is 1. The van der Waals surface area contributed by atoms with Gasteiger partial charge < -0.3 is 4.74 Å². The molecular formula is C14H15F2N3O. The maximum Gasteiger partial charge on any atom is 0.141 e. The molecule has 1 atom stereocenters. The number of methoxy groups -OCH3 is 1. The van der Waals surface area contributed by atoms with Gasteiger partial charge in [0.15, 0.2) is 0 Å². The standard InChI is InChI=1S/C14H15F2N3O/c1-20-14-8-18-3-2-12(14)13(19-17)6-9-4-10(15)7-11(16)5-9/h2-5,7-8,13,19H,6,17H2,1H3. The van der Waals surface area contributed by atoms with Crippen LogP contribution < -0.4 is 16.0 Å². The molecule has 20 heavy (non-hydrogen) atoms. The highest BCUT2D eigenvalue weighted by molar-refractivity contribution is 5.34. The minimum absolute atomic E-state index is 0.325. The molecule has 0 aliphatic carbocycles. The number of hydrogen-bond acceptors (Lipinski definition) is 4. The van der Waals surface area contributed by atoms with Gasteiger partial charge in [0, 0.05) is 17.8 Å². The van der Waals surface area contributed by atoms with E-state index < -0.39 is 11.6 Å². The average molecular weight is 279 g/mol. The van der Waals surface area contributed by atoms with E-state index in [1.807, 2.05) is 0 Å². The lowest BCUT2D eigenvalue weighted by Gasteiger charge is -2.18. The van der Waals surface area contributed by atoms with Crippen molar-refractivity contribution in [2.24, 2.45) is 5.84 Å². The first-order chi connectivity index (χ1) is 9.63. The van der Waals surface area contributed by atoms with Crippen LogP contribution in [0.15, 0.2) is 36.7 Å². The highest BCUT2D eigenvalue weighted by Gasteiger charge is 2.16. The summed E-state index contributed by atoms with van der Waals surface area (Å²) in [6.45, 7) is 0. The van der Waals surface area contributed by atoms with E-state index in [9.17, 15) is 8.78 Å². The molecule has 106 valence electrons. The summed E-state index contributed by atoms with van der Waals surface area (Å²) in [5.41, 5.74) is 3.90. The molecule has 6 heteroatoms. The fourth-order valence-corrected chi connectivity index (χ4v) is 2.07. The fourth-order valence-electron chi connectivity index (χ4n) is 2.07. The Bertz CT molecular complexity index is 572. The zero-order valence-electron chi connectivity index (χ0n) is 10.9. The Morgan fingerprint density at radius 3 is 2.60 bits per heavy atom. The molecule has 0 spiro atoms. The molecular weight excluding hydrogens is 264 g/mol. The molecule has 2 aromatic rings. The number of aromatic nitrogens is 1. The van der Waals surface area contributed by atoms with Gasteiger partial charge in [0.25, 0.3) is 0 Å². The van der Waals surface area contributed by atoms with E-state index in [1.54, 1.807) is 18.5 Å². The zero-order valence-corrected chi connectivity index (χ0v) is 10.9. The van der Waals surface area contributed by atoms with Crippen LogP contribution in [-0.4, -0.2) is 12.1 Å². The van der Waals surface area contributed by atoms with Crippen LogP contribution in [0.4, 0.5) is 8.78 Å². The molecule has 1 unspecified atom stereocenters. The van der Waals surface area contributed by atoms with Gasteiger partial charge in [-0.25, -0.2) is 8.78 Å². The second kappa shape index (κ2) is 6.40. The second-order valence-electron chi connectivity index (χ2n) is 4.32. The summed E-state index contributed by atoms with van der Waals surface area (Å²) in [4.78, 5) is 3.95. The van der Waals surface area contributed by atoms with Gasteiger partial charge in [-0.15, -0.1) is 0 Å². The molecule has 0 bridgehead atoms. The fraction of sp³-hybridized carbons (Fsp3) is 0.214. The van der Waals surface area contributed by atoms with Crippen LogP contribution in [0.3, 0.4) is 0 Å². The summed E-state index contributed by atoms with van der Waals surface area (Å²) in [6.07, 6.45) is 3.49. The van der Waals surface area contributed by atoms with Gasteiger partial charge in [-0.2, -0.15) is 0 Å². The van der Waals surface area contributed by atoms with Crippen LogP contribution >= 0.6 is 0 Å². The van der Waals surface area contributed by atoms with Crippen LogP contribution in [0.2, 0.25) is 0 Å². The summed E-state index contributed by atoms with van der Waals surface area (Å²) in [6, 6.07) is 4.80. The smallest absolute Gasteiger partial charge is 0.141 e. The van der Waals surface area contributed by atoms with Crippen molar-refractivity contribution in [1.82, 2.24) is 10.4 Å². The van der Waals surface area contributed by atoms with Gasteiger partial charge in [0.2, 0.25) is 0 Å². The van der Waals surface area contributed by atoms with E-state index in [0.29, 0.717) is 17.7 Å². The SMILES string of the molecule is COc1cnccc1C(Cc1cc(F)cc(F)c1)NN. The lowest BCUT2D eigenvalue weighted by atomic mass is 9.99. The number of pyridine rings is 1. The number of hydrazine groups is 1. The predicted molar refractivity (Wildman–Crippen MR) is 70.9 cm³/mol. The van der Waals surface area contributed by atoms with E-state index in [-0.39, 0.29) is 6.04 Å². The minimum atomic E-state index is -0.613. The number of nitrogens with zero attached hydrogens (tertiary/aromatic N) is 1. The zero-order chi connectivity index (χ0) is 14.5. The number of halogens is 2. The van der Waals surface area contributed by atoms with E-state index in [1.165, 1.54) is 19.2 Å². The second-order valence-corrected chi connectivity index (χ2v) is 4.32. The minimum Gasteiger partial charge on any atom is -0.495 e. The normalized spacial score (nSPS) is 12.2. The monoisotopic (exact) mass is 279 g/mol. The molecule has 0 radical (unpaired) electrons. The van der Waals surface area contributed by atoms with Crippen molar-refractivity contribution in [3.8, 4) is 5.75 Å². The number of nitrogens with one attached hydrogen (secondary N) is 1. The molecule has 0 aliphatic heterocycles. The Morgan fingerprint density at radius 1 is 1.30 bits per heavy atom. The molecule has 1 aromatic carbocycles. The first kappa shape index (κ1) is 14.4. The van der Waals surface area contributed by atoms with Gasteiger partial charge >= 0.3 is 0 Å². The van der Waals surface area contributed by atoms with Crippen molar-refractivity contribution in [3.63, 3.8) is 0 Å². The Morgan fingerprint density at radius 2 is 2.00 bits per heavy atom. The van der Waals surface area contributed by atoms with Gasteiger partial charge in [0.05, 0.1) is 19.3 Å². The maximum absolute atomic E-state index is 13.2. The van der Waals surface area contributed by atoms with E-state index in [0.717, 1.165) is 11.6 Å². The summed E-state index contributed by atoms with van der Waals surface area (Å²) < 4.78 is 31.6. The van der Waals surface area contributed by atoms with Crippen molar-refractivity contribution < 1.29 is 13.5 Å². The molecule has 0 fully saturated rings. The highest BCUT2D eigenvalue weighted by Crippen LogP contribution is 2.26. The first-order valence-corrected chi connectivity index (χ1v) is 6.03. The number of ether oxygens (including phenoxy) is 1. The average Bonchev–Trinajstić information content (AvgIpc) is 2.43. The lowest BCUT2D eigenvalue weighted by molar-refractivity contribution is 0.397. The lowest BCUT2D eigenvalue weighted by Crippen LogP contribution is -2.30. The molecule has 2 rings (SSSR count). The third-order valence-corrected chi connectivity index (χ3v) is 2.98. The van der Waals surface area contributed by atoms with Crippen LogP contribution in [-0.2, 0) is 6.42 Å². The molecule has 0 amide bonds. The molecule has 0 saturated carbocycles. The van der Waals surface area contributed by atoms with Crippen LogP contribution in [0, 0.1) is 11.6 Å². The summed E-state index contributed by atoms with van der Waals surface area (Å²) in [5.74, 6) is 4.87. The molecule has 0 aliphatic rings. The number of nitrogens with two attached hydrogens (primary N) is 1.